The zero-order valence-electron chi connectivity index (χ0n) is 13.7. The van der Waals surface area contributed by atoms with Crippen molar-refractivity contribution in [2.45, 2.75) is 31.7 Å². The van der Waals surface area contributed by atoms with Crippen LogP contribution in [-0.2, 0) is 11.2 Å². The van der Waals surface area contributed by atoms with Crippen LogP contribution in [0.15, 0.2) is 42.9 Å². The van der Waals surface area contributed by atoms with Gasteiger partial charge < -0.3 is 4.90 Å². The van der Waals surface area contributed by atoms with Crippen molar-refractivity contribution in [3.63, 3.8) is 0 Å². The van der Waals surface area contributed by atoms with Crippen molar-refractivity contribution >= 4 is 11.7 Å². The van der Waals surface area contributed by atoms with E-state index in [-0.39, 0.29) is 24.2 Å². The maximum atomic E-state index is 13.4. The van der Waals surface area contributed by atoms with Crippen molar-refractivity contribution in [1.82, 2.24) is 24.5 Å². The number of hydrogen-bond donors (Lipinski definition) is 0. The molecule has 1 fully saturated rings. The number of aromatic nitrogens is 4. The summed E-state index contributed by atoms with van der Waals surface area (Å²) in [6, 6.07) is 8.03. The number of benzene rings is 1. The summed E-state index contributed by atoms with van der Waals surface area (Å²) < 4.78 is 15.1. The molecule has 2 aromatic heterocycles. The van der Waals surface area contributed by atoms with Crippen LogP contribution in [0.2, 0.25) is 0 Å². The minimum Gasteiger partial charge on any atom is -0.334 e. The molecule has 128 valence electrons. The fraction of sp³-hybridized carbons (Fsp3) is 0.333. The smallest absolute Gasteiger partial charge is 0.252 e. The van der Waals surface area contributed by atoms with Crippen molar-refractivity contribution in [1.29, 1.82) is 0 Å². The molecule has 1 amide bonds. The van der Waals surface area contributed by atoms with Gasteiger partial charge in [-0.2, -0.15) is 14.6 Å². The molecule has 1 aromatic carbocycles. The van der Waals surface area contributed by atoms with Crippen molar-refractivity contribution in [2.75, 3.05) is 6.54 Å². The number of fused-ring (bicyclic) bond motifs is 1. The zero-order valence-corrected chi connectivity index (χ0v) is 13.7. The fourth-order valence-corrected chi connectivity index (χ4v) is 3.47. The topological polar surface area (TPSA) is 63.4 Å². The Morgan fingerprint density at radius 3 is 3.04 bits per heavy atom. The summed E-state index contributed by atoms with van der Waals surface area (Å²) in [7, 11) is 0. The number of piperidine rings is 1. The number of carbonyl (C=O) groups excluding carboxylic acids is 1. The van der Waals surface area contributed by atoms with E-state index in [1.165, 1.54) is 18.5 Å². The first-order chi connectivity index (χ1) is 12.2. The molecule has 3 aromatic rings. The minimum atomic E-state index is -0.320. The van der Waals surface area contributed by atoms with Gasteiger partial charge >= 0.3 is 0 Å². The van der Waals surface area contributed by atoms with Gasteiger partial charge in [0, 0.05) is 12.7 Å². The molecule has 0 radical (unpaired) electrons. The standard InChI is InChI=1S/C18H18FN5O/c19-14-5-3-4-13(10-14)11-17(25)23-9-2-1-6-15(23)16-7-8-20-18-21-12-22-24(16)18/h3-5,7-8,10,12,15H,1-2,6,9,11H2/t15-/m0/s1. The number of nitrogens with zero attached hydrogens (tertiary/aromatic N) is 5. The predicted octanol–water partition coefficient (Wildman–Crippen LogP) is 2.56. The summed E-state index contributed by atoms with van der Waals surface area (Å²) in [4.78, 5) is 23.1. The third-order valence-electron chi connectivity index (χ3n) is 4.62. The average molecular weight is 339 g/mol. The lowest BCUT2D eigenvalue weighted by Crippen LogP contribution is -2.40. The highest BCUT2D eigenvalue weighted by Crippen LogP contribution is 2.31. The molecule has 0 aliphatic carbocycles. The third kappa shape index (κ3) is 3.09. The Kier molecular flexibility index (Phi) is 4.13. The Labute approximate surface area is 144 Å². The summed E-state index contributed by atoms with van der Waals surface area (Å²) in [5, 5.41) is 4.24. The lowest BCUT2D eigenvalue weighted by atomic mass is 9.98. The van der Waals surface area contributed by atoms with Crippen LogP contribution >= 0.6 is 0 Å². The van der Waals surface area contributed by atoms with E-state index in [4.69, 9.17) is 0 Å². The Balaban J connectivity index is 1.63. The van der Waals surface area contributed by atoms with Crippen molar-refractivity contribution in [3.8, 4) is 0 Å². The third-order valence-corrected chi connectivity index (χ3v) is 4.62. The Morgan fingerprint density at radius 2 is 2.16 bits per heavy atom. The molecule has 1 aliphatic rings. The van der Waals surface area contributed by atoms with Crippen LogP contribution in [0.25, 0.3) is 5.78 Å². The molecule has 0 unspecified atom stereocenters. The molecular formula is C18H18FN5O. The Hall–Kier alpha value is -2.83. The van der Waals surface area contributed by atoms with Crippen molar-refractivity contribution in [2.24, 2.45) is 0 Å². The highest BCUT2D eigenvalue weighted by atomic mass is 19.1. The van der Waals surface area contributed by atoms with Gasteiger partial charge in [-0.25, -0.2) is 9.37 Å². The Morgan fingerprint density at radius 1 is 1.24 bits per heavy atom. The summed E-state index contributed by atoms with van der Waals surface area (Å²) in [5.74, 6) is 0.208. The van der Waals surface area contributed by atoms with Gasteiger partial charge in [0.2, 0.25) is 5.91 Å². The van der Waals surface area contributed by atoms with E-state index in [1.54, 1.807) is 22.8 Å². The van der Waals surface area contributed by atoms with Crippen LogP contribution in [0.3, 0.4) is 0 Å². The van der Waals surface area contributed by atoms with Crippen molar-refractivity contribution < 1.29 is 9.18 Å². The maximum absolute atomic E-state index is 13.4. The van der Waals surface area contributed by atoms with Gasteiger partial charge in [0.05, 0.1) is 18.2 Å². The Bertz CT molecular complexity index is 909. The van der Waals surface area contributed by atoms with Gasteiger partial charge in [0.1, 0.15) is 12.1 Å². The molecule has 0 bridgehead atoms. The summed E-state index contributed by atoms with van der Waals surface area (Å²) in [6.45, 7) is 0.692. The molecular weight excluding hydrogens is 321 g/mol. The van der Waals surface area contributed by atoms with E-state index in [0.29, 0.717) is 17.9 Å². The highest BCUT2D eigenvalue weighted by molar-refractivity contribution is 5.79. The second kappa shape index (κ2) is 6.58. The fourth-order valence-electron chi connectivity index (χ4n) is 3.47. The normalized spacial score (nSPS) is 17.8. The average Bonchev–Trinajstić information content (AvgIpc) is 3.10. The number of carbonyl (C=O) groups is 1. The molecule has 0 saturated carbocycles. The maximum Gasteiger partial charge on any atom is 0.252 e. The highest BCUT2D eigenvalue weighted by Gasteiger charge is 2.30. The van der Waals surface area contributed by atoms with Crippen LogP contribution < -0.4 is 0 Å². The molecule has 0 spiro atoms. The monoisotopic (exact) mass is 339 g/mol. The van der Waals surface area contributed by atoms with Gasteiger partial charge in [-0.15, -0.1) is 0 Å². The zero-order chi connectivity index (χ0) is 17.2. The molecule has 7 heteroatoms. The molecule has 6 nitrogen and oxygen atoms in total. The van der Waals surface area contributed by atoms with Gasteiger partial charge in [0.25, 0.3) is 5.78 Å². The molecule has 1 aliphatic heterocycles. The lowest BCUT2D eigenvalue weighted by molar-refractivity contribution is -0.134. The lowest BCUT2D eigenvalue weighted by Gasteiger charge is -2.36. The van der Waals surface area contributed by atoms with Crippen LogP contribution in [0.1, 0.15) is 36.6 Å². The number of amides is 1. The number of rotatable bonds is 3. The molecule has 3 heterocycles. The van der Waals surface area contributed by atoms with E-state index in [9.17, 15) is 9.18 Å². The second-order valence-electron chi connectivity index (χ2n) is 6.25. The number of hydrogen-bond acceptors (Lipinski definition) is 4. The summed E-state index contributed by atoms with van der Waals surface area (Å²) in [5.41, 5.74) is 1.60. The largest absolute Gasteiger partial charge is 0.334 e. The molecule has 25 heavy (non-hydrogen) atoms. The van der Waals surface area contributed by atoms with E-state index >= 15 is 0 Å². The molecule has 4 rings (SSSR count). The summed E-state index contributed by atoms with van der Waals surface area (Å²) >= 11 is 0. The molecule has 1 atom stereocenters. The van der Waals surface area contributed by atoms with Crippen LogP contribution in [-0.4, -0.2) is 36.9 Å². The first-order valence-corrected chi connectivity index (χ1v) is 8.41. The van der Waals surface area contributed by atoms with E-state index in [0.717, 1.165) is 25.0 Å². The number of likely N-dealkylation sites (tertiary alicyclic amines) is 1. The van der Waals surface area contributed by atoms with Crippen LogP contribution in [0.5, 0.6) is 0 Å². The van der Waals surface area contributed by atoms with Gasteiger partial charge in [-0.1, -0.05) is 12.1 Å². The molecule has 1 saturated heterocycles. The van der Waals surface area contributed by atoms with Gasteiger partial charge in [-0.05, 0) is 43.0 Å². The van der Waals surface area contributed by atoms with E-state index in [1.807, 2.05) is 11.0 Å². The summed E-state index contributed by atoms with van der Waals surface area (Å²) in [6.07, 6.45) is 6.24. The van der Waals surface area contributed by atoms with E-state index < -0.39 is 0 Å². The van der Waals surface area contributed by atoms with Crippen LogP contribution in [0, 0.1) is 5.82 Å². The first kappa shape index (κ1) is 15.7. The van der Waals surface area contributed by atoms with Crippen molar-refractivity contribution in [3.05, 3.63) is 59.9 Å². The predicted molar refractivity (Wildman–Crippen MR) is 89.2 cm³/mol. The second-order valence-corrected chi connectivity index (χ2v) is 6.25. The SMILES string of the molecule is O=C(Cc1cccc(F)c1)N1CCCC[C@H]1c1ccnc2ncnn12. The van der Waals surface area contributed by atoms with Crippen LogP contribution in [0.4, 0.5) is 4.39 Å². The van der Waals surface area contributed by atoms with Gasteiger partial charge in [-0.3, -0.25) is 4.79 Å². The molecule has 0 N–H and O–H groups in total. The minimum absolute atomic E-state index is 0.000350. The first-order valence-electron chi connectivity index (χ1n) is 8.41. The van der Waals surface area contributed by atoms with E-state index in [2.05, 4.69) is 15.1 Å². The van der Waals surface area contributed by atoms with Gasteiger partial charge in [0.15, 0.2) is 0 Å². The quantitative estimate of drug-likeness (QED) is 0.736. The number of halogens is 1.